The molecule has 1 N–H and O–H groups in total. The largest absolute Gasteiger partial charge is 0.405 e. The minimum atomic E-state index is -4.56. The van der Waals surface area contributed by atoms with Gasteiger partial charge in [0.25, 0.3) is 5.91 Å². The molecule has 6 nitrogen and oxygen atoms in total. The molecule has 0 aliphatic carbocycles. The Kier molecular flexibility index (Phi) is 5.69. The monoisotopic (exact) mass is 375 g/mol. The molecule has 25 heavy (non-hydrogen) atoms. The van der Waals surface area contributed by atoms with E-state index in [1.54, 1.807) is 5.32 Å². The fourth-order valence-electron chi connectivity index (χ4n) is 2.50. The number of nitrogens with one attached hydrogen (secondary N) is 1. The summed E-state index contributed by atoms with van der Waals surface area (Å²) in [6.07, 6.45) is -3.40. The van der Waals surface area contributed by atoms with Crippen LogP contribution in [0.1, 0.15) is 23.2 Å². The molecule has 0 saturated carbocycles. The first-order chi connectivity index (χ1) is 11.6. The summed E-state index contributed by atoms with van der Waals surface area (Å²) in [6, 6.07) is 6.88. The number of carbonyl (C=O) groups excluding carboxylic acids is 1. The van der Waals surface area contributed by atoms with E-state index in [-0.39, 0.29) is 23.5 Å². The molecule has 1 fully saturated rings. The standard InChI is InChI=1S/C15H16F3N3O3S/c16-15(17,18)10-20-14(22)12-4-1-5-13(7-12)25(23,24)21-6-2-3-11(8-19)9-21/h1,4-5,7,11H,2-3,6,9-10H2,(H,20,22)/t11-/m1/s1. The van der Waals surface area contributed by atoms with E-state index in [0.29, 0.717) is 12.8 Å². The van der Waals surface area contributed by atoms with Crippen LogP contribution in [0.3, 0.4) is 0 Å². The molecule has 0 unspecified atom stereocenters. The van der Waals surface area contributed by atoms with Crippen LogP contribution in [0.15, 0.2) is 29.2 Å². The van der Waals surface area contributed by atoms with Gasteiger partial charge in [-0.3, -0.25) is 4.79 Å². The first-order valence-corrected chi connectivity index (χ1v) is 8.92. The number of nitriles is 1. The Morgan fingerprint density at radius 3 is 2.76 bits per heavy atom. The van der Waals surface area contributed by atoms with Crippen LogP contribution in [-0.2, 0) is 10.0 Å². The van der Waals surface area contributed by atoms with Crippen LogP contribution in [-0.4, -0.2) is 44.4 Å². The molecule has 1 aromatic carbocycles. The molecule has 1 amide bonds. The number of rotatable bonds is 4. The zero-order chi connectivity index (χ0) is 18.7. The number of hydrogen-bond acceptors (Lipinski definition) is 4. The first kappa shape index (κ1) is 19.2. The molecule has 0 radical (unpaired) electrons. The smallest absolute Gasteiger partial charge is 0.343 e. The van der Waals surface area contributed by atoms with Crippen molar-refractivity contribution in [2.45, 2.75) is 23.9 Å². The second-order valence-electron chi connectivity index (χ2n) is 5.66. The summed E-state index contributed by atoms with van der Waals surface area (Å²) in [4.78, 5) is 11.6. The summed E-state index contributed by atoms with van der Waals surface area (Å²) in [5.74, 6) is -1.41. The number of nitrogens with zero attached hydrogens (tertiary/aromatic N) is 2. The molecule has 0 spiro atoms. The lowest BCUT2D eigenvalue weighted by Crippen LogP contribution is -2.39. The summed E-state index contributed by atoms with van der Waals surface area (Å²) in [7, 11) is -3.92. The van der Waals surface area contributed by atoms with Crippen molar-refractivity contribution in [3.63, 3.8) is 0 Å². The maximum atomic E-state index is 12.6. The van der Waals surface area contributed by atoms with Gasteiger partial charge in [-0.05, 0) is 31.0 Å². The van der Waals surface area contributed by atoms with Gasteiger partial charge in [-0.15, -0.1) is 0 Å². The van der Waals surface area contributed by atoms with Crippen LogP contribution in [0.2, 0.25) is 0 Å². The fourth-order valence-corrected chi connectivity index (χ4v) is 4.07. The van der Waals surface area contributed by atoms with Gasteiger partial charge in [0.1, 0.15) is 6.54 Å². The molecule has 1 saturated heterocycles. The third-order valence-corrected chi connectivity index (χ3v) is 5.61. The summed E-state index contributed by atoms with van der Waals surface area (Å²) < 4.78 is 63.0. The van der Waals surface area contributed by atoms with Gasteiger partial charge in [0.2, 0.25) is 10.0 Å². The number of alkyl halides is 3. The van der Waals surface area contributed by atoms with Crippen molar-refractivity contribution in [3.8, 4) is 6.07 Å². The van der Waals surface area contributed by atoms with Crippen LogP contribution in [0, 0.1) is 17.2 Å². The van der Waals surface area contributed by atoms with Crippen LogP contribution >= 0.6 is 0 Å². The first-order valence-electron chi connectivity index (χ1n) is 7.48. The van der Waals surface area contributed by atoms with Crippen molar-refractivity contribution in [2.24, 2.45) is 5.92 Å². The normalized spacial score (nSPS) is 19.2. The Labute approximate surface area is 143 Å². The van der Waals surface area contributed by atoms with E-state index in [1.807, 2.05) is 6.07 Å². The highest BCUT2D eigenvalue weighted by Gasteiger charge is 2.31. The Morgan fingerprint density at radius 2 is 2.12 bits per heavy atom. The van der Waals surface area contributed by atoms with E-state index < -0.39 is 34.6 Å². The average Bonchev–Trinajstić information content (AvgIpc) is 2.59. The van der Waals surface area contributed by atoms with Gasteiger partial charge in [-0.25, -0.2) is 8.42 Å². The molecule has 0 aromatic heterocycles. The molecule has 1 atom stereocenters. The Hall–Kier alpha value is -2.12. The summed E-state index contributed by atoms with van der Waals surface area (Å²) in [6.45, 7) is -1.19. The number of hydrogen-bond donors (Lipinski definition) is 1. The van der Waals surface area contributed by atoms with Gasteiger partial charge in [-0.1, -0.05) is 6.07 Å². The SMILES string of the molecule is N#C[C@H]1CCCN(S(=O)(=O)c2cccc(C(=O)NCC(F)(F)F)c2)C1. The van der Waals surface area contributed by atoms with Crippen LogP contribution in [0.5, 0.6) is 0 Å². The Bertz CT molecular complexity index is 787. The van der Waals surface area contributed by atoms with Gasteiger partial charge in [0, 0.05) is 18.7 Å². The van der Waals surface area contributed by atoms with E-state index >= 15 is 0 Å². The maximum Gasteiger partial charge on any atom is 0.405 e. The van der Waals surface area contributed by atoms with Crippen molar-refractivity contribution < 1.29 is 26.4 Å². The lowest BCUT2D eigenvalue weighted by molar-refractivity contribution is -0.123. The van der Waals surface area contributed by atoms with Crippen LogP contribution in [0.25, 0.3) is 0 Å². The lowest BCUT2D eigenvalue weighted by atomic mass is 10.0. The zero-order valence-corrected chi connectivity index (χ0v) is 13.9. The van der Waals surface area contributed by atoms with Gasteiger partial charge in [-0.2, -0.15) is 22.7 Å². The average molecular weight is 375 g/mol. The lowest BCUT2D eigenvalue weighted by Gasteiger charge is -2.28. The number of benzene rings is 1. The zero-order valence-electron chi connectivity index (χ0n) is 13.1. The van der Waals surface area contributed by atoms with Crippen molar-refractivity contribution in [1.82, 2.24) is 9.62 Å². The molecule has 10 heteroatoms. The molecule has 1 aliphatic rings. The topological polar surface area (TPSA) is 90.3 Å². The fraction of sp³-hybridized carbons (Fsp3) is 0.467. The molecule has 1 aromatic rings. The van der Waals surface area contributed by atoms with E-state index in [4.69, 9.17) is 5.26 Å². The summed E-state index contributed by atoms with van der Waals surface area (Å²) in [5, 5.41) is 10.7. The minimum absolute atomic E-state index is 0.0589. The number of piperidine rings is 1. The number of amides is 1. The molecular weight excluding hydrogens is 359 g/mol. The third kappa shape index (κ3) is 4.93. The molecule has 1 heterocycles. The number of halogens is 3. The van der Waals surface area contributed by atoms with Crippen molar-refractivity contribution in [3.05, 3.63) is 29.8 Å². The summed E-state index contributed by atoms with van der Waals surface area (Å²) >= 11 is 0. The van der Waals surface area contributed by atoms with Crippen molar-refractivity contribution in [2.75, 3.05) is 19.6 Å². The molecule has 0 bridgehead atoms. The highest BCUT2D eigenvalue weighted by Crippen LogP contribution is 2.24. The minimum Gasteiger partial charge on any atom is -0.343 e. The predicted molar refractivity (Wildman–Crippen MR) is 81.9 cm³/mol. The Morgan fingerprint density at radius 1 is 1.40 bits per heavy atom. The van der Waals surface area contributed by atoms with Crippen molar-refractivity contribution in [1.29, 1.82) is 5.26 Å². The predicted octanol–water partition coefficient (Wildman–Crippen LogP) is 1.90. The van der Waals surface area contributed by atoms with E-state index in [2.05, 4.69) is 0 Å². The third-order valence-electron chi connectivity index (χ3n) is 3.75. The highest BCUT2D eigenvalue weighted by atomic mass is 32.2. The molecule has 136 valence electrons. The number of carbonyl (C=O) groups is 1. The van der Waals surface area contributed by atoms with Crippen LogP contribution in [0.4, 0.5) is 13.2 Å². The van der Waals surface area contributed by atoms with E-state index in [9.17, 15) is 26.4 Å². The summed E-state index contributed by atoms with van der Waals surface area (Å²) in [5.41, 5.74) is -0.181. The van der Waals surface area contributed by atoms with Crippen LogP contribution < -0.4 is 5.32 Å². The second kappa shape index (κ2) is 7.41. The van der Waals surface area contributed by atoms with Gasteiger partial charge < -0.3 is 5.32 Å². The van der Waals surface area contributed by atoms with E-state index in [1.165, 1.54) is 18.2 Å². The Balaban J connectivity index is 2.19. The highest BCUT2D eigenvalue weighted by molar-refractivity contribution is 7.89. The van der Waals surface area contributed by atoms with E-state index in [0.717, 1.165) is 10.4 Å². The van der Waals surface area contributed by atoms with Gasteiger partial charge in [0.15, 0.2) is 0 Å². The van der Waals surface area contributed by atoms with Gasteiger partial charge in [0.05, 0.1) is 16.9 Å². The van der Waals surface area contributed by atoms with Crippen molar-refractivity contribution >= 4 is 15.9 Å². The molecule has 1 aliphatic heterocycles. The number of sulfonamides is 1. The molecular formula is C15H16F3N3O3S. The molecule has 2 rings (SSSR count). The second-order valence-corrected chi connectivity index (χ2v) is 7.59. The quantitative estimate of drug-likeness (QED) is 0.870. The van der Waals surface area contributed by atoms with Gasteiger partial charge >= 0.3 is 6.18 Å². The maximum absolute atomic E-state index is 12.6.